The van der Waals surface area contributed by atoms with Gasteiger partial charge >= 0.3 is 0 Å². The van der Waals surface area contributed by atoms with Crippen LogP contribution >= 0.6 is 12.2 Å². The number of aromatic nitrogens is 2. The standard InChI is InChI=1S/C32H33N5O2S/c38-29(22-39-26-12-5-2-6-13-26)34-23-16-18-25(19-17-23)37-31(30(35-32(37)40)27-14-7-8-20-33-27)28-15-9-21-36(28)24-10-3-1-4-11-24/h2,5-9,12-21,24,30-31H,1,3-4,10-11,22H2,(H,34,38)(H,35,40)/t30-,31+/m1/s1. The Morgan fingerprint density at radius 3 is 2.48 bits per heavy atom. The maximum atomic E-state index is 12.5. The van der Waals surface area contributed by atoms with Gasteiger partial charge in [-0.25, -0.2) is 0 Å². The number of anilines is 2. The molecule has 204 valence electrons. The normalized spacial score (nSPS) is 19.3. The van der Waals surface area contributed by atoms with Gasteiger partial charge in [0.25, 0.3) is 5.91 Å². The number of hydrogen-bond acceptors (Lipinski definition) is 4. The van der Waals surface area contributed by atoms with Crippen LogP contribution in [0.5, 0.6) is 5.75 Å². The van der Waals surface area contributed by atoms with Crippen molar-refractivity contribution in [3.05, 3.63) is 109 Å². The van der Waals surface area contributed by atoms with E-state index >= 15 is 0 Å². The van der Waals surface area contributed by atoms with Gasteiger partial charge in [0.05, 0.1) is 11.7 Å². The van der Waals surface area contributed by atoms with Crippen LogP contribution in [0, 0.1) is 0 Å². The predicted molar refractivity (Wildman–Crippen MR) is 161 cm³/mol. The minimum atomic E-state index is -0.214. The van der Waals surface area contributed by atoms with Crippen molar-refractivity contribution in [1.82, 2.24) is 14.9 Å². The highest BCUT2D eigenvalue weighted by Crippen LogP contribution is 2.43. The Bertz CT molecular complexity index is 1440. The quantitative estimate of drug-likeness (QED) is 0.241. The smallest absolute Gasteiger partial charge is 0.262 e. The summed E-state index contributed by atoms with van der Waals surface area (Å²) < 4.78 is 8.04. The van der Waals surface area contributed by atoms with E-state index in [4.69, 9.17) is 21.9 Å². The number of ether oxygens (including phenoxy) is 1. The monoisotopic (exact) mass is 551 g/mol. The van der Waals surface area contributed by atoms with Crippen molar-refractivity contribution >= 4 is 34.6 Å². The van der Waals surface area contributed by atoms with Crippen molar-refractivity contribution in [1.29, 1.82) is 0 Å². The maximum Gasteiger partial charge on any atom is 0.262 e. The van der Waals surface area contributed by atoms with Gasteiger partial charge in [0.1, 0.15) is 11.8 Å². The number of carbonyl (C=O) groups excluding carboxylic acids is 1. The third-order valence-electron chi connectivity index (χ3n) is 7.72. The van der Waals surface area contributed by atoms with Gasteiger partial charge in [-0.1, -0.05) is 43.5 Å². The Hall–Kier alpha value is -4.17. The Morgan fingerprint density at radius 1 is 0.950 bits per heavy atom. The summed E-state index contributed by atoms with van der Waals surface area (Å²) in [5.74, 6) is 0.447. The van der Waals surface area contributed by atoms with E-state index in [1.54, 1.807) is 0 Å². The molecule has 2 aromatic carbocycles. The van der Waals surface area contributed by atoms with E-state index in [1.165, 1.54) is 37.8 Å². The third kappa shape index (κ3) is 5.58. The number of rotatable bonds is 8. The number of nitrogens with zero attached hydrogens (tertiary/aromatic N) is 3. The van der Waals surface area contributed by atoms with Crippen LogP contribution in [-0.2, 0) is 4.79 Å². The summed E-state index contributed by atoms with van der Waals surface area (Å²) in [4.78, 5) is 19.4. The molecule has 1 aliphatic heterocycles. The molecule has 2 aromatic heterocycles. The SMILES string of the molecule is O=C(COc1ccccc1)Nc1ccc(N2C(=S)N[C@H](c3ccccn3)[C@@H]2c2cccn2C2CCCCC2)cc1. The van der Waals surface area contributed by atoms with Crippen molar-refractivity contribution < 1.29 is 9.53 Å². The number of thiocarbonyl (C=S) groups is 1. The van der Waals surface area contributed by atoms with Gasteiger partial charge in [0.15, 0.2) is 11.7 Å². The fourth-order valence-corrected chi connectivity index (χ4v) is 6.20. The van der Waals surface area contributed by atoms with Crippen LogP contribution < -0.4 is 20.3 Å². The third-order valence-corrected chi connectivity index (χ3v) is 8.04. The van der Waals surface area contributed by atoms with Crippen LogP contribution in [0.25, 0.3) is 0 Å². The molecule has 8 heteroatoms. The zero-order valence-electron chi connectivity index (χ0n) is 22.3. The summed E-state index contributed by atoms with van der Waals surface area (Å²) in [6.07, 6.45) is 10.3. The average molecular weight is 552 g/mol. The van der Waals surface area contributed by atoms with E-state index in [2.05, 4.69) is 44.5 Å². The molecule has 2 atom stereocenters. The molecule has 7 nitrogen and oxygen atoms in total. The highest BCUT2D eigenvalue weighted by molar-refractivity contribution is 7.80. The summed E-state index contributed by atoms with van der Waals surface area (Å²) in [6.45, 7) is -0.0577. The maximum absolute atomic E-state index is 12.5. The summed E-state index contributed by atoms with van der Waals surface area (Å²) in [6, 6.07) is 27.8. The van der Waals surface area contributed by atoms with Gasteiger partial charge in [0, 0.05) is 35.5 Å². The van der Waals surface area contributed by atoms with Crippen LogP contribution in [-0.4, -0.2) is 27.2 Å². The molecule has 2 fully saturated rings. The van der Waals surface area contributed by atoms with E-state index in [0.717, 1.165) is 11.4 Å². The molecule has 0 radical (unpaired) electrons. The fourth-order valence-electron chi connectivity index (χ4n) is 5.85. The largest absolute Gasteiger partial charge is 0.484 e. The predicted octanol–water partition coefficient (Wildman–Crippen LogP) is 6.58. The second kappa shape index (κ2) is 11.9. The van der Waals surface area contributed by atoms with E-state index in [0.29, 0.717) is 22.6 Å². The van der Waals surface area contributed by atoms with Gasteiger partial charge < -0.3 is 24.8 Å². The first-order valence-electron chi connectivity index (χ1n) is 13.9. The number of benzene rings is 2. The lowest BCUT2D eigenvalue weighted by Crippen LogP contribution is -2.31. The number of hydrogen-bond donors (Lipinski definition) is 2. The number of carbonyl (C=O) groups is 1. The second-order valence-corrected chi connectivity index (χ2v) is 10.7. The molecule has 1 amide bonds. The van der Waals surface area contributed by atoms with Gasteiger partial charge in [-0.3, -0.25) is 9.78 Å². The van der Waals surface area contributed by atoms with Crippen molar-refractivity contribution in [3.63, 3.8) is 0 Å². The molecule has 4 aromatic rings. The first-order valence-corrected chi connectivity index (χ1v) is 14.3. The van der Waals surface area contributed by atoms with E-state index < -0.39 is 0 Å². The molecule has 3 heterocycles. The molecular weight excluding hydrogens is 518 g/mol. The van der Waals surface area contributed by atoms with E-state index in [9.17, 15) is 4.79 Å². The summed E-state index contributed by atoms with van der Waals surface area (Å²) in [5, 5.41) is 7.14. The molecule has 6 rings (SSSR count). The molecular formula is C32H33N5O2S. The van der Waals surface area contributed by atoms with Crippen LogP contribution in [0.1, 0.15) is 61.6 Å². The lowest BCUT2D eigenvalue weighted by atomic mass is 9.94. The lowest BCUT2D eigenvalue weighted by molar-refractivity contribution is -0.118. The van der Waals surface area contributed by atoms with Crippen molar-refractivity contribution in [2.45, 2.75) is 50.2 Å². The summed E-state index contributed by atoms with van der Waals surface area (Å²) in [7, 11) is 0. The Morgan fingerprint density at radius 2 is 1.73 bits per heavy atom. The van der Waals surface area contributed by atoms with Crippen LogP contribution in [0.15, 0.2) is 97.3 Å². The topological polar surface area (TPSA) is 71.4 Å². The minimum absolute atomic E-state index is 0.0577. The van der Waals surface area contributed by atoms with Crippen LogP contribution in [0.3, 0.4) is 0 Å². The van der Waals surface area contributed by atoms with Crippen molar-refractivity contribution in [2.75, 3.05) is 16.8 Å². The van der Waals surface area contributed by atoms with Gasteiger partial charge in [-0.2, -0.15) is 0 Å². The van der Waals surface area contributed by atoms with Gasteiger partial charge in [0.2, 0.25) is 0 Å². The fraction of sp³-hybridized carbons (Fsp3) is 0.281. The van der Waals surface area contributed by atoms with Crippen LogP contribution in [0.4, 0.5) is 11.4 Å². The first-order chi connectivity index (χ1) is 19.7. The summed E-state index contributed by atoms with van der Waals surface area (Å²) in [5.41, 5.74) is 3.84. The van der Waals surface area contributed by atoms with Gasteiger partial charge in [-0.15, -0.1) is 0 Å². The van der Waals surface area contributed by atoms with Gasteiger partial charge in [-0.05, 0) is 85.7 Å². The molecule has 1 saturated heterocycles. The lowest BCUT2D eigenvalue weighted by Gasteiger charge is -2.32. The first kappa shape index (κ1) is 26.1. The zero-order chi connectivity index (χ0) is 27.3. The van der Waals surface area contributed by atoms with Crippen molar-refractivity contribution in [3.8, 4) is 5.75 Å². The molecule has 40 heavy (non-hydrogen) atoms. The molecule has 2 aliphatic rings. The Balaban J connectivity index is 1.25. The number of amides is 1. The number of nitrogens with one attached hydrogen (secondary N) is 2. The number of para-hydroxylation sites is 1. The second-order valence-electron chi connectivity index (χ2n) is 10.3. The van der Waals surface area contributed by atoms with Crippen molar-refractivity contribution in [2.24, 2.45) is 0 Å². The van der Waals surface area contributed by atoms with E-state index in [1.807, 2.05) is 72.9 Å². The average Bonchev–Trinajstić information content (AvgIpc) is 3.62. The van der Waals surface area contributed by atoms with Crippen LogP contribution in [0.2, 0.25) is 0 Å². The molecule has 0 bridgehead atoms. The molecule has 1 saturated carbocycles. The highest BCUT2D eigenvalue weighted by atomic mass is 32.1. The highest BCUT2D eigenvalue weighted by Gasteiger charge is 2.42. The zero-order valence-corrected chi connectivity index (χ0v) is 23.1. The molecule has 0 spiro atoms. The number of pyridine rings is 1. The minimum Gasteiger partial charge on any atom is -0.484 e. The molecule has 2 N–H and O–H groups in total. The summed E-state index contributed by atoms with van der Waals surface area (Å²) >= 11 is 5.93. The van der Waals surface area contributed by atoms with E-state index in [-0.39, 0.29) is 24.6 Å². The molecule has 0 unspecified atom stereocenters. The Labute approximate surface area is 240 Å². The Kier molecular flexibility index (Phi) is 7.77. The molecule has 1 aliphatic carbocycles.